The molecule has 0 spiro atoms. The van der Waals surface area contributed by atoms with E-state index in [0.29, 0.717) is 11.6 Å². The number of carbonyl (C=O) groups excluding carboxylic acids is 1. The van der Waals surface area contributed by atoms with Gasteiger partial charge in [-0.25, -0.2) is 0 Å². The van der Waals surface area contributed by atoms with Gasteiger partial charge >= 0.3 is 0 Å². The lowest BCUT2D eigenvalue weighted by Gasteiger charge is -2.03. The highest BCUT2D eigenvalue weighted by molar-refractivity contribution is 7.99. The minimum Gasteiger partial charge on any atom is -0.308 e. The molecule has 1 amide bonds. The smallest absolute Gasteiger partial charge is 0.235 e. The van der Waals surface area contributed by atoms with Gasteiger partial charge in [0.05, 0.1) is 5.75 Å². The van der Waals surface area contributed by atoms with Crippen LogP contribution >= 0.6 is 11.8 Å². The van der Waals surface area contributed by atoms with Crippen molar-refractivity contribution in [1.29, 1.82) is 0 Å². The zero-order valence-corrected chi connectivity index (χ0v) is 11.9. The van der Waals surface area contributed by atoms with E-state index in [1.807, 2.05) is 19.1 Å². The number of carbonyl (C=O) groups is 1. The molecule has 2 aromatic rings. The highest BCUT2D eigenvalue weighted by Crippen LogP contribution is 2.14. The Morgan fingerprint density at radius 2 is 2.21 bits per heavy atom. The van der Waals surface area contributed by atoms with Gasteiger partial charge in [-0.05, 0) is 19.4 Å². The van der Waals surface area contributed by atoms with Crippen LogP contribution in [0.25, 0.3) is 0 Å². The first kappa shape index (κ1) is 13.7. The van der Waals surface area contributed by atoms with E-state index in [4.69, 9.17) is 0 Å². The van der Waals surface area contributed by atoms with Gasteiger partial charge in [0.2, 0.25) is 5.91 Å². The number of aromatic nitrogens is 2. The fourth-order valence-corrected chi connectivity index (χ4v) is 2.50. The first-order chi connectivity index (χ1) is 9.13. The Balaban J connectivity index is 1.75. The van der Waals surface area contributed by atoms with E-state index in [-0.39, 0.29) is 5.91 Å². The third-order valence-corrected chi connectivity index (χ3v) is 3.56. The van der Waals surface area contributed by atoms with Gasteiger partial charge in [0.25, 0.3) is 0 Å². The molecule has 0 bridgehead atoms. The van der Waals surface area contributed by atoms with Crippen molar-refractivity contribution in [3.05, 3.63) is 47.2 Å². The maximum Gasteiger partial charge on any atom is 0.235 e. The predicted molar refractivity (Wildman–Crippen MR) is 79.3 cm³/mol. The third-order valence-electron chi connectivity index (χ3n) is 2.56. The number of rotatable bonds is 5. The van der Waals surface area contributed by atoms with Crippen molar-refractivity contribution in [2.24, 2.45) is 0 Å². The summed E-state index contributed by atoms with van der Waals surface area (Å²) in [6.07, 6.45) is 0. The number of nitrogens with one attached hydrogen (secondary N) is 2. The molecule has 2 rings (SSSR count). The number of hydrogen-bond donors (Lipinski definition) is 2. The quantitative estimate of drug-likeness (QED) is 0.882. The van der Waals surface area contributed by atoms with Gasteiger partial charge in [0.1, 0.15) is 0 Å². The molecule has 0 fully saturated rings. The third kappa shape index (κ3) is 4.44. The number of benzene rings is 1. The zero-order valence-electron chi connectivity index (χ0n) is 11.1. The molecule has 0 saturated heterocycles. The Labute approximate surface area is 117 Å². The number of anilines is 1. The van der Waals surface area contributed by atoms with Crippen LogP contribution in [0.4, 0.5) is 5.82 Å². The van der Waals surface area contributed by atoms with Crippen LogP contribution in [-0.4, -0.2) is 21.9 Å². The van der Waals surface area contributed by atoms with Gasteiger partial charge < -0.3 is 5.32 Å². The molecule has 1 aromatic carbocycles. The summed E-state index contributed by atoms with van der Waals surface area (Å²) in [6, 6.07) is 10.1. The Morgan fingerprint density at radius 3 is 2.89 bits per heavy atom. The molecule has 0 aliphatic carbocycles. The molecule has 1 aromatic heterocycles. The van der Waals surface area contributed by atoms with Gasteiger partial charge in [-0.15, -0.1) is 11.8 Å². The average Bonchev–Trinajstić information content (AvgIpc) is 2.75. The summed E-state index contributed by atoms with van der Waals surface area (Å²) in [4.78, 5) is 11.7. The van der Waals surface area contributed by atoms with E-state index in [1.165, 1.54) is 11.1 Å². The maximum absolute atomic E-state index is 11.7. The van der Waals surface area contributed by atoms with Crippen LogP contribution in [0.5, 0.6) is 0 Å². The van der Waals surface area contributed by atoms with Crippen molar-refractivity contribution < 1.29 is 4.79 Å². The summed E-state index contributed by atoms with van der Waals surface area (Å²) < 4.78 is 0. The topological polar surface area (TPSA) is 57.8 Å². The largest absolute Gasteiger partial charge is 0.308 e. The molecule has 0 atom stereocenters. The van der Waals surface area contributed by atoms with Crippen molar-refractivity contribution in [1.82, 2.24) is 10.2 Å². The van der Waals surface area contributed by atoms with E-state index in [1.54, 1.807) is 11.8 Å². The Bertz CT molecular complexity index is 565. The standard InChI is InChI=1S/C14H17N3OS/c1-10-4-3-5-12(6-10)8-19-9-14(18)15-13-7-11(2)16-17-13/h3-7H,8-9H2,1-2H3,(H2,15,16,17,18). The van der Waals surface area contributed by atoms with Crippen LogP contribution < -0.4 is 5.32 Å². The molecule has 4 nitrogen and oxygen atoms in total. The summed E-state index contributed by atoms with van der Waals surface area (Å²) >= 11 is 1.60. The predicted octanol–water partition coefficient (Wildman–Crippen LogP) is 2.90. The minimum absolute atomic E-state index is 0.0239. The Hall–Kier alpha value is -1.75. The van der Waals surface area contributed by atoms with Crippen molar-refractivity contribution in [2.75, 3.05) is 11.1 Å². The molecule has 5 heteroatoms. The monoisotopic (exact) mass is 275 g/mol. The minimum atomic E-state index is -0.0239. The number of nitrogens with zero attached hydrogens (tertiary/aromatic N) is 1. The molecule has 0 radical (unpaired) electrons. The number of thioether (sulfide) groups is 1. The molecule has 1 heterocycles. The summed E-state index contributed by atoms with van der Waals surface area (Å²) in [5.74, 6) is 1.83. The van der Waals surface area contributed by atoms with Crippen molar-refractivity contribution in [2.45, 2.75) is 19.6 Å². The lowest BCUT2D eigenvalue weighted by atomic mass is 10.2. The maximum atomic E-state index is 11.7. The van der Waals surface area contributed by atoms with E-state index in [2.05, 4.69) is 40.6 Å². The first-order valence-electron chi connectivity index (χ1n) is 6.08. The Kier molecular flexibility index (Phi) is 4.63. The fourth-order valence-electron chi connectivity index (χ4n) is 1.72. The molecule has 0 saturated carbocycles. The number of hydrogen-bond acceptors (Lipinski definition) is 3. The highest BCUT2D eigenvalue weighted by atomic mass is 32.2. The molecule has 0 unspecified atom stereocenters. The van der Waals surface area contributed by atoms with Gasteiger partial charge in [-0.2, -0.15) is 5.10 Å². The van der Waals surface area contributed by atoms with Gasteiger partial charge in [-0.1, -0.05) is 29.8 Å². The molecule has 2 N–H and O–H groups in total. The second-order valence-corrected chi connectivity index (χ2v) is 5.45. The van der Waals surface area contributed by atoms with Gasteiger partial charge in [0.15, 0.2) is 5.82 Å². The lowest BCUT2D eigenvalue weighted by molar-refractivity contribution is -0.113. The number of aromatic amines is 1. The van der Waals surface area contributed by atoms with Crippen LogP contribution in [0, 0.1) is 13.8 Å². The summed E-state index contributed by atoms with van der Waals surface area (Å²) in [7, 11) is 0. The van der Waals surface area contributed by atoms with Crippen molar-refractivity contribution in [3.8, 4) is 0 Å². The zero-order chi connectivity index (χ0) is 13.7. The number of amides is 1. The van der Waals surface area contributed by atoms with E-state index >= 15 is 0 Å². The van der Waals surface area contributed by atoms with Crippen LogP contribution in [0.3, 0.4) is 0 Å². The fraction of sp³-hybridized carbons (Fsp3) is 0.286. The molecular weight excluding hydrogens is 258 g/mol. The van der Waals surface area contributed by atoms with Gasteiger partial charge in [-0.3, -0.25) is 9.89 Å². The van der Waals surface area contributed by atoms with Crippen molar-refractivity contribution >= 4 is 23.5 Å². The van der Waals surface area contributed by atoms with E-state index < -0.39 is 0 Å². The van der Waals surface area contributed by atoms with Crippen molar-refractivity contribution in [3.63, 3.8) is 0 Å². The average molecular weight is 275 g/mol. The SMILES string of the molecule is Cc1cccc(CSCC(=O)Nc2cc(C)[nH]n2)c1. The van der Waals surface area contributed by atoms with Crippen LogP contribution in [0.15, 0.2) is 30.3 Å². The molecule has 0 aliphatic rings. The van der Waals surface area contributed by atoms with E-state index in [0.717, 1.165) is 11.4 Å². The van der Waals surface area contributed by atoms with Gasteiger partial charge in [0, 0.05) is 17.5 Å². The summed E-state index contributed by atoms with van der Waals surface area (Å²) in [5, 5.41) is 9.52. The Morgan fingerprint density at radius 1 is 1.37 bits per heavy atom. The molecule has 100 valence electrons. The molecule has 19 heavy (non-hydrogen) atoms. The van der Waals surface area contributed by atoms with Crippen LogP contribution in [0.1, 0.15) is 16.8 Å². The second kappa shape index (κ2) is 6.43. The normalized spacial score (nSPS) is 10.4. The molecular formula is C14H17N3OS. The summed E-state index contributed by atoms with van der Waals surface area (Å²) in [5.41, 5.74) is 3.42. The lowest BCUT2D eigenvalue weighted by Crippen LogP contribution is -2.14. The number of aryl methyl sites for hydroxylation is 2. The van der Waals surface area contributed by atoms with Crippen LogP contribution in [0.2, 0.25) is 0 Å². The second-order valence-electron chi connectivity index (χ2n) is 4.47. The summed E-state index contributed by atoms with van der Waals surface area (Å²) in [6.45, 7) is 3.97. The first-order valence-corrected chi connectivity index (χ1v) is 7.24. The molecule has 0 aliphatic heterocycles. The number of H-pyrrole nitrogens is 1. The van der Waals surface area contributed by atoms with Crippen LogP contribution in [-0.2, 0) is 10.5 Å². The van der Waals surface area contributed by atoms with E-state index in [9.17, 15) is 4.79 Å². The highest BCUT2D eigenvalue weighted by Gasteiger charge is 2.05.